The smallest absolute Gasteiger partial charge is 0.226 e. The third kappa shape index (κ3) is 11.7. The van der Waals surface area contributed by atoms with Gasteiger partial charge in [0.2, 0.25) is 11.8 Å². The summed E-state index contributed by atoms with van der Waals surface area (Å²) < 4.78 is 0. The van der Waals surface area contributed by atoms with Crippen LogP contribution in [0.15, 0.2) is 84.6 Å². The van der Waals surface area contributed by atoms with E-state index in [1.807, 2.05) is 0 Å². The van der Waals surface area contributed by atoms with Gasteiger partial charge < -0.3 is 15.7 Å². The van der Waals surface area contributed by atoms with Gasteiger partial charge in [0.05, 0.1) is 11.5 Å². The van der Waals surface area contributed by atoms with Gasteiger partial charge in [-0.05, 0) is 167 Å². The average Bonchev–Trinajstić information content (AvgIpc) is 3.25. The highest BCUT2D eigenvalue weighted by Gasteiger charge is 2.69. The van der Waals surface area contributed by atoms with Gasteiger partial charge in [-0.1, -0.05) is 153 Å². The van der Waals surface area contributed by atoms with Gasteiger partial charge >= 0.3 is 0 Å². The molecule has 352 valence electrons. The molecule has 5 rings (SSSR count). The molecule has 0 bridgehead atoms. The van der Waals surface area contributed by atoms with Crippen LogP contribution in [0.5, 0.6) is 0 Å². The highest BCUT2D eigenvalue weighted by Crippen LogP contribution is 2.75. The summed E-state index contributed by atoms with van der Waals surface area (Å²) in [4.78, 5) is 27.0. The predicted molar refractivity (Wildman–Crippen MR) is 267 cm³/mol. The van der Waals surface area contributed by atoms with Crippen LogP contribution in [-0.4, -0.2) is 36.1 Å². The van der Waals surface area contributed by atoms with Gasteiger partial charge in [-0.15, -0.1) is 0 Å². The number of amides is 2. The lowest BCUT2D eigenvalue weighted by molar-refractivity contribution is -0.204. The number of nitrogens with one attached hydrogen (secondary N) is 2. The first-order valence-corrected chi connectivity index (χ1v) is 26.0. The Morgan fingerprint density at radius 3 is 1.84 bits per heavy atom. The highest BCUT2D eigenvalue weighted by molar-refractivity contribution is 5.84. The lowest BCUT2D eigenvalue weighted by atomic mass is 9.33. The van der Waals surface area contributed by atoms with Gasteiger partial charge in [-0.25, -0.2) is 0 Å². The van der Waals surface area contributed by atoms with Gasteiger partial charge in [-0.2, -0.15) is 0 Å². The summed E-state index contributed by atoms with van der Waals surface area (Å²) in [6.45, 7) is 21.0. The molecule has 0 heterocycles. The van der Waals surface area contributed by atoms with Crippen LogP contribution < -0.4 is 10.6 Å². The van der Waals surface area contributed by atoms with E-state index in [-0.39, 0.29) is 39.1 Å². The summed E-state index contributed by atoms with van der Waals surface area (Å²) >= 11 is 0. The van der Waals surface area contributed by atoms with Crippen LogP contribution in [0.1, 0.15) is 190 Å². The fourth-order valence-corrected chi connectivity index (χ4v) is 14.0. The molecule has 0 aromatic rings. The van der Waals surface area contributed by atoms with Gasteiger partial charge in [0.1, 0.15) is 0 Å². The lowest BCUT2D eigenvalue weighted by Crippen LogP contribution is -2.66. The standard InChI is InChI=1S/C58H92N2O3/c1-9-10-11-12-13-14-15-16-17-18-19-20-21-22-23-24-25-26-29-32-51(62)59-43-30-27-28-31-44-60-53(63)58-40-35-45(2)46(3)52(58)47-33-34-49-55(6)38-37-50(61)54(4,5)48(55)36-39-57(49,8)56(47,7)41-42-58/h10-11,13-14,16-17,19-20,22-23,25-26,33,45-46,48-50,52,61H,9,12,15,18,21,24,27-32,34-44H2,1-8H3,(H,59,62)(H,60,63)/b11-10-,14-13-,17-16-,20-19-,23-22-,26-25-/t45-,46+,48?,49?,50+,52?,55+,56-,57-,58+/m1/s1. The van der Waals surface area contributed by atoms with Crippen LogP contribution in [0.4, 0.5) is 0 Å². The number of rotatable bonds is 22. The van der Waals surface area contributed by atoms with Crippen molar-refractivity contribution in [2.24, 2.45) is 56.7 Å². The van der Waals surface area contributed by atoms with Crippen molar-refractivity contribution in [3.05, 3.63) is 84.6 Å². The number of unbranched alkanes of at least 4 members (excludes halogenated alkanes) is 3. The van der Waals surface area contributed by atoms with Crippen LogP contribution in [0.3, 0.4) is 0 Å². The third-order valence-corrected chi connectivity index (χ3v) is 18.3. The minimum Gasteiger partial charge on any atom is -0.393 e. The van der Waals surface area contributed by atoms with Crippen molar-refractivity contribution in [3.63, 3.8) is 0 Å². The zero-order valence-electron chi connectivity index (χ0n) is 41.5. The van der Waals surface area contributed by atoms with Crippen molar-refractivity contribution in [1.82, 2.24) is 10.6 Å². The molecular weight excluding hydrogens is 773 g/mol. The molecule has 0 aliphatic heterocycles. The van der Waals surface area contributed by atoms with E-state index in [0.717, 1.165) is 129 Å². The van der Waals surface area contributed by atoms with E-state index < -0.39 is 0 Å². The molecule has 5 nitrogen and oxygen atoms in total. The van der Waals surface area contributed by atoms with Crippen molar-refractivity contribution >= 4 is 11.8 Å². The average molecular weight is 865 g/mol. The zero-order chi connectivity index (χ0) is 45.6. The van der Waals surface area contributed by atoms with E-state index in [1.54, 1.807) is 5.57 Å². The number of aliphatic hydroxyl groups is 1. The molecule has 0 spiro atoms. The molecule has 3 unspecified atom stereocenters. The van der Waals surface area contributed by atoms with Crippen molar-refractivity contribution in [2.45, 2.75) is 196 Å². The maximum Gasteiger partial charge on any atom is 0.226 e. The molecule has 5 aliphatic rings. The molecule has 10 atom stereocenters. The summed E-state index contributed by atoms with van der Waals surface area (Å²) in [7, 11) is 0. The van der Waals surface area contributed by atoms with E-state index in [9.17, 15) is 14.7 Å². The van der Waals surface area contributed by atoms with Crippen molar-refractivity contribution < 1.29 is 14.7 Å². The van der Waals surface area contributed by atoms with Crippen LogP contribution in [0.2, 0.25) is 0 Å². The molecule has 3 N–H and O–H groups in total. The third-order valence-electron chi connectivity index (χ3n) is 18.3. The minimum absolute atomic E-state index is 0.0424. The zero-order valence-corrected chi connectivity index (χ0v) is 41.5. The van der Waals surface area contributed by atoms with Crippen LogP contribution in [0.25, 0.3) is 0 Å². The Morgan fingerprint density at radius 1 is 0.667 bits per heavy atom. The topological polar surface area (TPSA) is 78.4 Å². The second kappa shape index (κ2) is 23.5. The fraction of sp³-hybridized carbons (Fsp3) is 0.724. The number of fused-ring (bicyclic) bond motifs is 7. The molecule has 2 amide bonds. The summed E-state index contributed by atoms with van der Waals surface area (Å²) in [5, 5.41) is 17.7. The molecule has 4 saturated carbocycles. The summed E-state index contributed by atoms with van der Waals surface area (Å²) in [5.41, 5.74) is 1.84. The molecule has 63 heavy (non-hydrogen) atoms. The minimum atomic E-state index is -0.298. The largest absolute Gasteiger partial charge is 0.393 e. The van der Waals surface area contributed by atoms with Crippen molar-refractivity contribution in [2.75, 3.05) is 13.1 Å². The quantitative estimate of drug-likeness (QED) is 0.0749. The Bertz CT molecular complexity index is 1700. The number of carbonyl (C=O) groups excluding carboxylic acids is 2. The van der Waals surface area contributed by atoms with Crippen LogP contribution in [-0.2, 0) is 9.59 Å². The second-order valence-corrected chi connectivity index (χ2v) is 22.2. The van der Waals surface area contributed by atoms with Crippen LogP contribution in [0, 0.1) is 56.7 Å². The number of hydrogen-bond donors (Lipinski definition) is 3. The van der Waals surface area contributed by atoms with E-state index in [1.165, 1.54) is 12.8 Å². The Kier molecular flexibility index (Phi) is 19.1. The molecule has 5 aliphatic carbocycles. The van der Waals surface area contributed by atoms with Crippen LogP contribution >= 0.6 is 0 Å². The first-order valence-electron chi connectivity index (χ1n) is 26.0. The molecule has 0 aromatic heterocycles. The van der Waals surface area contributed by atoms with E-state index >= 15 is 0 Å². The van der Waals surface area contributed by atoms with E-state index in [2.05, 4.69) is 145 Å². The monoisotopic (exact) mass is 865 g/mol. The Labute approximate surface area is 386 Å². The van der Waals surface area contributed by atoms with Gasteiger partial charge in [0.15, 0.2) is 0 Å². The van der Waals surface area contributed by atoms with E-state index in [4.69, 9.17) is 0 Å². The summed E-state index contributed by atoms with van der Waals surface area (Å²) in [5.74, 6) is 3.05. The second-order valence-electron chi connectivity index (χ2n) is 22.2. The first-order chi connectivity index (χ1) is 30.2. The van der Waals surface area contributed by atoms with Crippen molar-refractivity contribution in [1.29, 1.82) is 0 Å². The maximum absolute atomic E-state index is 14.5. The number of allylic oxidation sites excluding steroid dienone is 14. The van der Waals surface area contributed by atoms with Gasteiger partial charge in [0, 0.05) is 19.5 Å². The Balaban J connectivity index is 0.977. The SMILES string of the molecule is CC/C=C\C/C=C\C/C=C\C/C=C\C/C=C\C/C=C\CCC(=O)NCCCCCCNC(=O)[C@]12CC[C@@H](C)[C@H](C)C1C1=CCC3[C@@]4(C)CC[C@H](O)C(C)(C)C4CC[C@@]3(C)[C@]1(C)CC2. The fourth-order valence-electron chi connectivity index (χ4n) is 14.0. The molecule has 0 radical (unpaired) electrons. The molecular formula is C58H92N2O3. The number of aliphatic hydroxyl groups excluding tert-OH is 1. The molecule has 0 saturated heterocycles. The first kappa shape index (κ1) is 51.1. The van der Waals surface area contributed by atoms with E-state index in [0.29, 0.717) is 41.9 Å². The Hall–Kier alpha value is -2.92. The maximum atomic E-state index is 14.5. The predicted octanol–water partition coefficient (Wildman–Crippen LogP) is 14.3. The number of hydrogen-bond acceptors (Lipinski definition) is 3. The highest BCUT2D eigenvalue weighted by atomic mass is 16.3. The summed E-state index contributed by atoms with van der Waals surface area (Å²) in [6.07, 6.45) is 50.1. The van der Waals surface area contributed by atoms with Gasteiger partial charge in [-0.3, -0.25) is 9.59 Å². The molecule has 4 fully saturated rings. The lowest BCUT2D eigenvalue weighted by Gasteiger charge is -2.71. The normalized spacial score (nSPS) is 35.3. The summed E-state index contributed by atoms with van der Waals surface area (Å²) in [6, 6.07) is 0. The molecule has 0 aromatic carbocycles. The van der Waals surface area contributed by atoms with Crippen molar-refractivity contribution in [3.8, 4) is 0 Å². The Morgan fingerprint density at radius 2 is 1.24 bits per heavy atom. The molecule has 5 heteroatoms. The van der Waals surface area contributed by atoms with Gasteiger partial charge in [0.25, 0.3) is 0 Å². The number of carbonyl (C=O) groups is 2.